The summed E-state index contributed by atoms with van der Waals surface area (Å²) in [6, 6.07) is 23.5. The zero-order valence-electron chi connectivity index (χ0n) is 20.3. The lowest BCUT2D eigenvalue weighted by Gasteiger charge is -2.10. The number of benzene rings is 3. The van der Waals surface area contributed by atoms with E-state index in [4.69, 9.17) is 9.47 Å². The fourth-order valence-electron chi connectivity index (χ4n) is 4.05. The number of amides is 1. The number of anilines is 1. The van der Waals surface area contributed by atoms with Crippen LogP contribution in [0, 0.1) is 0 Å². The molecule has 0 saturated carbocycles. The third-order valence-corrected chi connectivity index (χ3v) is 5.96. The molecule has 1 heterocycles. The molecule has 6 nitrogen and oxygen atoms in total. The van der Waals surface area contributed by atoms with Gasteiger partial charge in [-0.25, -0.2) is 4.79 Å². The van der Waals surface area contributed by atoms with Gasteiger partial charge >= 0.3 is 5.97 Å². The summed E-state index contributed by atoms with van der Waals surface area (Å²) in [5, 5.41) is 3.90. The molecule has 0 radical (unpaired) electrons. The van der Waals surface area contributed by atoms with Crippen LogP contribution in [-0.2, 0) is 20.8 Å². The molecular formula is C29H30N2O4. The van der Waals surface area contributed by atoms with E-state index >= 15 is 0 Å². The Kier molecular flexibility index (Phi) is 7.63. The topological polar surface area (TPSA) is 69.6 Å². The number of rotatable bonds is 9. The summed E-state index contributed by atoms with van der Waals surface area (Å²) in [4.78, 5) is 24.4. The van der Waals surface area contributed by atoms with E-state index in [1.165, 1.54) is 12.7 Å². The van der Waals surface area contributed by atoms with Crippen LogP contribution in [0.3, 0.4) is 0 Å². The summed E-state index contributed by atoms with van der Waals surface area (Å²) in [7, 11) is 1.37. The number of ether oxygens (including phenoxy) is 2. The molecule has 6 heteroatoms. The highest BCUT2D eigenvalue weighted by molar-refractivity contribution is 6.00. The Bertz CT molecular complexity index is 1310. The number of carbonyl (C=O) groups excluding carboxylic acids is 2. The Morgan fingerprint density at radius 2 is 1.71 bits per heavy atom. The maximum Gasteiger partial charge on any atom is 0.337 e. The van der Waals surface area contributed by atoms with Crippen molar-refractivity contribution < 1.29 is 19.1 Å². The number of aromatic nitrogens is 1. The fraction of sp³-hybridized carbons (Fsp3) is 0.241. The third-order valence-electron chi connectivity index (χ3n) is 5.96. The van der Waals surface area contributed by atoms with Gasteiger partial charge in [0.05, 0.1) is 19.3 Å². The van der Waals surface area contributed by atoms with Crippen molar-refractivity contribution >= 4 is 28.5 Å². The van der Waals surface area contributed by atoms with Crippen LogP contribution < -0.4 is 5.32 Å². The Balaban J connectivity index is 1.43. The minimum atomic E-state index is -0.379. The second kappa shape index (κ2) is 11.0. The van der Waals surface area contributed by atoms with E-state index in [9.17, 15) is 9.59 Å². The normalized spacial score (nSPS) is 11.1. The summed E-state index contributed by atoms with van der Waals surface area (Å²) in [6.07, 6.45) is 2.06. The van der Waals surface area contributed by atoms with E-state index in [0.29, 0.717) is 24.6 Å². The Morgan fingerprint density at radius 3 is 2.40 bits per heavy atom. The molecule has 3 aromatic carbocycles. The minimum Gasteiger partial charge on any atom is -0.465 e. The van der Waals surface area contributed by atoms with Crippen LogP contribution in [0.2, 0.25) is 0 Å². The van der Waals surface area contributed by atoms with Gasteiger partial charge in [0.25, 0.3) is 0 Å². The Morgan fingerprint density at radius 1 is 0.971 bits per heavy atom. The monoisotopic (exact) mass is 470 g/mol. The molecule has 35 heavy (non-hydrogen) atoms. The highest BCUT2D eigenvalue weighted by Gasteiger charge is 2.14. The van der Waals surface area contributed by atoms with Crippen LogP contribution in [0.4, 0.5) is 5.69 Å². The van der Waals surface area contributed by atoms with E-state index in [0.717, 1.165) is 27.7 Å². The van der Waals surface area contributed by atoms with Crippen molar-refractivity contribution in [2.24, 2.45) is 0 Å². The lowest BCUT2D eigenvalue weighted by molar-refractivity contribution is -0.120. The molecule has 4 aromatic rings. The van der Waals surface area contributed by atoms with E-state index in [1.807, 2.05) is 59.2 Å². The number of fused-ring (bicyclic) bond motifs is 1. The van der Waals surface area contributed by atoms with Crippen molar-refractivity contribution in [1.29, 1.82) is 0 Å². The van der Waals surface area contributed by atoms with E-state index in [2.05, 4.69) is 37.5 Å². The van der Waals surface area contributed by atoms with Gasteiger partial charge in [0.2, 0.25) is 5.91 Å². The van der Waals surface area contributed by atoms with Crippen LogP contribution >= 0.6 is 0 Å². The van der Waals surface area contributed by atoms with Crippen molar-refractivity contribution in [1.82, 2.24) is 4.57 Å². The summed E-state index contributed by atoms with van der Waals surface area (Å²) in [5.41, 5.74) is 5.53. The first-order valence-corrected chi connectivity index (χ1v) is 11.7. The van der Waals surface area contributed by atoms with Gasteiger partial charge in [-0.2, -0.15) is 0 Å². The lowest BCUT2D eigenvalue weighted by atomic mass is 10.0. The molecule has 0 bridgehead atoms. The summed E-state index contributed by atoms with van der Waals surface area (Å²) in [6.45, 7) is 5.11. The van der Waals surface area contributed by atoms with Crippen LogP contribution in [0.1, 0.15) is 35.7 Å². The molecule has 0 aliphatic heterocycles. The predicted octanol–water partition coefficient (Wildman–Crippen LogP) is 5.87. The quantitative estimate of drug-likeness (QED) is 0.245. The standard InChI is InChI=1S/C29H30N2O4/c1-20(2)21-9-12-24(13-10-21)30-28(32)19-35-16-15-31-18-26(22-7-5-4-6-8-22)25-14-11-23(17-27(25)31)29(33)34-3/h4-14,17-18,20H,15-16,19H2,1-3H3,(H,30,32). The number of carbonyl (C=O) groups is 2. The summed E-state index contributed by atoms with van der Waals surface area (Å²) < 4.78 is 12.6. The molecular weight excluding hydrogens is 440 g/mol. The third kappa shape index (κ3) is 5.78. The molecule has 0 aliphatic carbocycles. The molecule has 180 valence electrons. The Hall–Kier alpha value is -3.90. The molecule has 0 fully saturated rings. The van der Waals surface area contributed by atoms with Crippen molar-refractivity contribution in [3.05, 3.63) is 90.1 Å². The SMILES string of the molecule is COC(=O)c1ccc2c(-c3ccccc3)cn(CCOCC(=O)Nc3ccc(C(C)C)cc3)c2c1. The van der Waals surface area contributed by atoms with Crippen LogP contribution in [-0.4, -0.2) is 36.8 Å². The summed E-state index contributed by atoms with van der Waals surface area (Å²) >= 11 is 0. The van der Waals surface area contributed by atoms with Gasteiger partial charge in [-0.3, -0.25) is 4.79 Å². The molecule has 0 unspecified atom stereocenters. The number of hydrogen-bond donors (Lipinski definition) is 1. The largest absolute Gasteiger partial charge is 0.465 e. The molecule has 0 saturated heterocycles. The number of methoxy groups -OCH3 is 1. The minimum absolute atomic E-state index is 0.0376. The van der Waals surface area contributed by atoms with E-state index in [-0.39, 0.29) is 18.5 Å². The smallest absolute Gasteiger partial charge is 0.337 e. The zero-order chi connectivity index (χ0) is 24.8. The Labute approximate surface area is 205 Å². The molecule has 1 amide bonds. The molecule has 1 N–H and O–H groups in total. The van der Waals surface area contributed by atoms with Gasteiger partial charge < -0.3 is 19.4 Å². The van der Waals surface area contributed by atoms with Crippen LogP contribution in [0.25, 0.3) is 22.0 Å². The zero-order valence-corrected chi connectivity index (χ0v) is 20.3. The highest BCUT2D eigenvalue weighted by Crippen LogP contribution is 2.31. The molecule has 1 aromatic heterocycles. The second-order valence-corrected chi connectivity index (χ2v) is 8.70. The van der Waals surface area contributed by atoms with Crippen molar-refractivity contribution in [3.63, 3.8) is 0 Å². The lowest BCUT2D eigenvalue weighted by Crippen LogP contribution is -2.19. The van der Waals surface area contributed by atoms with Crippen molar-refractivity contribution in [2.75, 3.05) is 25.6 Å². The number of nitrogens with one attached hydrogen (secondary N) is 1. The molecule has 0 atom stereocenters. The average Bonchev–Trinajstić information content (AvgIpc) is 3.24. The van der Waals surface area contributed by atoms with E-state index < -0.39 is 0 Å². The second-order valence-electron chi connectivity index (χ2n) is 8.70. The van der Waals surface area contributed by atoms with Crippen LogP contribution in [0.15, 0.2) is 79.0 Å². The molecule has 0 aliphatic rings. The van der Waals surface area contributed by atoms with E-state index in [1.54, 1.807) is 6.07 Å². The van der Waals surface area contributed by atoms with Gasteiger partial charge in [-0.15, -0.1) is 0 Å². The van der Waals surface area contributed by atoms with Crippen molar-refractivity contribution in [3.8, 4) is 11.1 Å². The first-order chi connectivity index (χ1) is 17.0. The van der Waals surface area contributed by atoms with Gasteiger partial charge in [0.1, 0.15) is 6.61 Å². The van der Waals surface area contributed by atoms with Crippen LogP contribution in [0.5, 0.6) is 0 Å². The predicted molar refractivity (Wildman–Crippen MR) is 139 cm³/mol. The highest BCUT2D eigenvalue weighted by atomic mass is 16.5. The van der Waals surface area contributed by atoms with Gasteiger partial charge in [0, 0.05) is 34.9 Å². The first-order valence-electron chi connectivity index (χ1n) is 11.7. The van der Waals surface area contributed by atoms with Crippen molar-refractivity contribution in [2.45, 2.75) is 26.3 Å². The average molecular weight is 471 g/mol. The van der Waals surface area contributed by atoms with Gasteiger partial charge in [-0.1, -0.05) is 62.4 Å². The number of hydrogen-bond acceptors (Lipinski definition) is 4. The maximum absolute atomic E-state index is 12.3. The molecule has 4 rings (SSSR count). The number of nitrogens with zero attached hydrogens (tertiary/aromatic N) is 1. The van der Waals surface area contributed by atoms with Gasteiger partial charge in [0.15, 0.2) is 0 Å². The molecule has 0 spiro atoms. The fourth-order valence-corrected chi connectivity index (χ4v) is 4.05. The van der Waals surface area contributed by atoms with Gasteiger partial charge in [-0.05, 0) is 41.3 Å². The number of esters is 1. The maximum atomic E-state index is 12.3. The first kappa shape index (κ1) is 24.2. The summed E-state index contributed by atoms with van der Waals surface area (Å²) in [5.74, 6) is -0.133.